The number of nitrogen functional groups attached to an aromatic ring is 1. The number of nitrogens with two attached hydrogens (primary N) is 1. The van der Waals surface area contributed by atoms with Crippen LogP contribution in [0.1, 0.15) is 76.2 Å². The molecule has 0 spiro atoms. The molecule has 0 saturated heterocycles. The molecule has 2 amide bonds. The van der Waals surface area contributed by atoms with Gasteiger partial charge in [0.05, 0.1) is 61.1 Å². The van der Waals surface area contributed by atoms with Gasteiger partial charge in [0.15, 0.2) is 5.11 Å². The Labute approximate surface area is 475 Å². The number of aliphatic imine (C=N–C) groups is 1. The fourth-order valence-electron chi connectivity index (χ4n) is 7.02. The average molecular weight is 1150 g/mol. The van der Waals surface area contributed by atoms with Crippen molar-refractivity contribution in [2.75, 3.05) is 24.3 Å². The summed E-state index contributed by atoms with van der Waals surface area (Å²) in [5.41, 5.74) is 8.24. The van der Waals surface area contributed by atoms with Gasteiger partial charge in [-0.1, -0.05) is 24.3 Å². The van der Waals surface area contributed by atoms with E-state index < -0.39 is 52.2 Å². The van der Waals surface area contributed by atoms with Crippen molar-refractivity contribution in [1.82, 2.24) is 24.0 Å². The van der Waals surface area contributed by atoms with Crippen LogP contribution in [0.15, 0.2) is 127 Å². The maximum absolute atomic E-state index is 12.3. The predicted molar refractivity (Wildman–Crippen MR) is 315 cm³/mol. The molecule has 0 radical (unpaired) electrons. The van der Waals surface area contributed by atoms with Gasteiger partial charge in [-0.2, -0.15) is 0 Å². The van der Waals surface area contributed by atoms with E-state index in [2.05, 4.69) is 37.6 Å². The van der Waals surface area contributed by atoms with E-state index >= 15 is 0 Å². The fourth-order valence-corrected chi connectivity index (χ4v) is 7.29. The van der Waals surface area contributed by atoms with Crippen LogP contribution in [0.5, 0.6) is 0 Å². The molecule has 0 saturated carbocycles. The second kappa shape index (κ2) is 28.4. The van der Waals surface area contributed by atoms with Gasteiger partial charge in [0.1, 0.15) is 16.8 Å². The van der Waals surface area contributed by atoms with Crippen LogP contribution in [0.2, 0.25) is 0 Å². The van der Waals surface area contributed by atoms with Gasteiger partial charge in [0.25, 0.3) is 11.4 Å². The molecule has 24 nitrogen and oxygen atoms in total. The number of thiocarbonyl (C=S) groups is 2. The Hall–Kier alpha value is -9.52. The molecule has 0 atom stereocenters. The van der Waals surface area contributed by atoms with E-state index in [9.17, 15) is 44.2 Å². The van der Waals surface area contributed by atoms with Crippen LogP contribution in [-0.2, 0) is 23.7 Å². The largest absolute Gasteiger partial charge is 0.450 e. The van der Waals surface area contributed by atoms with Crippen LogP contribution in [0.3, 0.4) is 0 Å². The zero-order chi connectivity index (χ0) is 60.4. The number of nitrogens with zero attached hydrogens (tertiary/aromatic N) is 6. The minimum Gasteiger partial charge on any atom is -0.450 e. The number of hydrogen-bond donors (Lipinski definition) is 4. The number of non-ortho nitro benzene ring substituents is 2. The average Bonchev–Trinajstić information content (AvgIpc) is 4.35. The highest BCUT2D eigenvalue weighted by molar-refractivity contribution is 7.80. The highest BCUT2D eigenvalue weighted by Crippen LogP contribution is 2.29. The first-order valence-corrected chi connectivity index (χ1v) is 25.4. The standard InChI is InChI=1S/C17H21N3O4S.C13H14N2O4.C13H16N2O2.C8H6N2O2.C4H5NO2S/c1-5-23-15(21)19-14(25)18-12-7-6-8-13-11(12)9-10-20(13)16(22)24-17(2,3)4;1-13(2,3)19-12(16)14-8-7-9-10(14)5-4-6-11(9)15(17)18;1-13(2,3)17-12(16)15-8-7-9-10(14)5-4-6-11(9)15;11-10(12)8-3-1-2-7-6(8)4-5-9-7;1-2-7-4(6)5-3-8/h6-10H,5H2,1-4H3,(H2,18,19,21,25);4-8H,1-3H3;4-8H,14H2,1-3H3;1-5,9H;2H2,1H3. The molecule has 5 N–H and O–H groups in total. The van der Waals surface area contributed by atoms with Gasteiger partial charge in [-0.15, -0.1) is 4.99 Å². The number of nitro benzene ring substituents is 2. The van der Waals surface area contributed by atoms with Crippen LogP contribution >= 0.6 is 24.4 Å². The first-order chi connectivity index (χ1) is 38.0. The summed E-state index contributed by atoms with van der Waals surface area (Å²) in [6, 6.07) is 27.2. The first-order valence-electron chi connectivity index (χ1n) is 24.6. The monoisotopic (exact) mass is 1150 g/mol. The third-order valence-electron chi connectivity index (χ3n) is 10.1. The van der Waals surface area contributed by atoms with E-state index in [1.807, 2.05) is 77.0 Å². The summed E-state index contributed by atoms with van der Waals surface area (Å²) in [5.74, 6) is 0. The number of aromatic nitrogens is 4. The molecular weight excluding hydrogens is 1090 g/mol. The second-order valence-corrected chi connectivity index (χ2v) is 20.2. The van der Waals surface area contributed by atoms with Crippen molar-refractivity contribution in [2.24, 2.45) is 4.99 Å². The van der Waals surface area contributed by atoms with Gasteiger partial charge in [-0.05, 0) is 161 Å². The number of rotatable bonds is 5. The maximum Gasteiger partial charge on any atom is 0.442 e. The molecule has 0 aliphatic heterocycles. The van der Waals surface area contributed by atoms with Gasteiger partial charge in [0.2, 0.25) is 0 Å². The molecule has 4 heterocycles. The molecule has 0 unspecified atom stereocenters. The Balaban J connectivity index is 0.000000227. The number of benzene rings is 4. The summed E-state index contributed by atoms with van der Waals surface area (Å²) in [4.78, 5) is 84.3. The zero-order valence-electron chi connectivity index (χ0n) is 46.3. The van der Waals surface area contributed by atoms with Crippen molar-refractivity contribution in [3.05, 3.63) is 142 Å². The number of ether oxygens (including phenoxy) is 5. The topological polar surface area (TPSA) is 311 Å². The van der Waals surface area contributed by atoms with Crippen LogP contribution in [-0.4, -0.2) is 99.3 Å². The van der Waals surface area contributed by atoms with Crippen molar-refractivity contribution in [3.8, 4) is 0 Å². The van der Waals surface area contributed by atoms with E-state index in [1.54, 1.807) is 102 Å². The van der Waals surface area contributed by atoms with E-state index in [-0.39, 0.29) is 28.0 Å². The number of nitro groups is 2. The highest BCUT2D eigenvalue weighted by atomic mass is 32.1. The molecule has 0 fully saturated rings. The summed E-state index contributed by atoms with van der Waals surface area (Å²) in [6.07, 6.45) is 3.76. The summed E-state index contributed by atoms with van der Waals surface area (Å²) < 4.78 is 29.2. The number of hydrogen-bond acceptors (Lipinski definition) is 17. The number of fused-ring (bicyclic) bond motifs is 4. The van der Waals surface area contributed by atoms with Crippen molar-refractivity contribution >= 4 is 132 Å². The SMILES string of the molecule is CC(C)(C)OC(=O)n1ccc2c(N)cccc21.CC(C)(C)OC(=O)n1ccc2c([N+](=O)[O-])cccc21.CCOC(=O)N=C=S.CCOC(=O)NC(=S)Nc1cccc2c1ccn2C(=O)OC(C)(C)C.O=[N+]([O-])c1cccc2[nH]ccc12. The Kier molecular flexibility index (Phi) is 22.4. The molecule has 0 aliphatic carbocycles. The number of aromatic amines is 1. The molecule has 0 bridgehead atoms. The number of alkyl carbamates (subject to hydrolysis) is 1. The molecular formula is C55H62N10O14S2. The Morgan fingerprint density at radius 2 is 1.05 bits per heavy atom. The summed E-state index contributed by atoms with van der Waals surface area (Å²) >= 11 is 9.22. The van der Waals surface area contributed by atoms with Crippen LogP contribution in [0.4, 0.5) is 46.7 Å². The fraction of sp³-hybridized carbons (Fsp3) is 0.291. The van der Waals surface area contributed by atoms with Crippen molar-refractivity contribution in [3.63, 3.8) is 0 Å². The summed E-state index contributed by atoms with van der Waals surface area (Å²) in [7, 11) is 0. The quantitative estimate of drug-likeness (QED) is 0.0311. The Morgan fingerprint density at radius 3 is 1.53 bits per heavy atom. The lowest BCUT2D eigenvalue weighted by molar-refractivity contribution is -0.383. The molecule has 26 heteroatoms. The number of carbonyl (C=O) groups excluding carboxylic acids is 5. The third-order valence-corrected chi connectivity index (χ3v) is 10.4. The zero-order valence-corrected chi connectivity index (χ0v) is 47.9. The van der Waals surface area contributed by atoms with Crippen molar-refractivity contribution in [2.45, 2.75) is 93.0 Å². The lowest BCUT2D eigenvalue weighted by Crippen LogP contribution is -2.34. The van der Waals surface area contributed by atoms with Gasteiger partial charge in [-0.3, -0.25) is 39.2 Å². The summed E-state index contributed by atoms with van der Waals surface area (Å²) in [5, 5.41) is 31.4. The number of isothiocyanates is 1. The van der Waals surface area contributed by atoms with Gasteiger partial charge >= 0.3 is 30.5 Å². The molecule has 0 aliphatic rings. The summed E-state index contributed by atoms with van der Waals surface area (Å²) in [6.45, 7) is 20.2. The van der Waals surface area contributed by atoms with Crippen LogP contribution in [0.25, 0.3) is 43.6 Å². The van der Waals surface area contributed by atoms with Gasteiger partial charge in [-0.25, -0.2) is 24.0 Å². The van der Waals surface area contributed by atoms with Crippen molar-refractivity contribution in [1.29, 1.82) is 0 Å². The molecule has 4 aromatic heterocycles. The number of nitrogens with one attached hydrogen (secondary N) is 3. The normalized spacial score (nSPS) is 10.8. The van der Waals surface area contributed by atoms with E-state index in [0.717, 1.165) is 21.8 Å². The van der Waals surface area contributed by atoms with E-state index in [4.69, 9.17) is 36.9 Å². The minimum absolute atomic E-state index is 0.0280. The molecule has 8 aromatic rings. The molecule has 8 rings (SSSR count). The van der Waals surface area contributed by atoms with Crippen molar-refractivity contribution < 1.29 is 57.5 Å². The number of carbonyl (C=O) groups is 5. The maximum atomic E-state index is 12.3. The number of anilines is 2. The molecule has 4 aromatic carbocycles. The lowest BCUT2D eigenvalue weighted by Gasteiger charge is -2.19. The molecule has 428 valence electrons. The smallest absolute Gasteiger partial charge is 0.442 e. The predicted octanol–water partition coefficient (Wildman–Crippen LogP) is 13.5. The highest BCUT2D eigenvalue weighted by Gasteiger charge is 2.23. The van der Waals surface area contributed by atoms with Crippen LogP contribution in [0, 0.1) is 20.2 Å². The van der Waals surface area contributed by atoms with Gasteiger partial charge < -0.3 is 39.7 Å². The van der Waals surface area contributed by atoms with E-state index in [1.165, 1.54) is 38.1 Å². The minimum atomic E-state index is -0.678. The van der Waals surface area contributed by atoms with Gasteiger partial charge in [0, 0.05) is 59.1 Å². The third kappa shape index (κ3) is 19.1. The number of amides is 2. The van der Waals surface area contributed by atoms with E-state index in [0.29, 0.717) is 39.8 Å². The Morgan fingerprint density at radius 1 is 0.617 bits per heavy atom. The first kappa shape index (κ1) is 64.0. The van der Waals surface area contributed by atoms with Crippen LogP contribution < -0.4 is 16.4 Å². The lowest BCUT2D eigenvalue weighted by atomic mass is 10.2. The second-order valence-electron chi connectivity index (χ2n) is 19.7. The molecule has 81 heavy (non-hydrogen) atoms. The number of H-pyrrole nitrogens is 1. The Bertz CT molecular complexity index is 3630.